The number of nitriles is 1. The van der Waals surface area contributed by atoms with E-state index in [4.69, 9.17) is 9.68 Å². The Bertz CT molecular complexity index is 885. The molecule has 0 aliphatic rings. The fourth-order valence-corrected chi connectivity index (χ4v) is 2.65. The number of thioether (sulfide) groups is 1. The lowest BCUT2D eigenvalue weighted by molar-refractivity contribution is -0.113. The molecule has 0 atom stereocenters. The van der Waals surface area contributed by atoms with Crippen LogP contribution in [0, 0.1) is 11.3 Å². The fourth-order valence-electron chi connectivity index (χ4n) is 2.09. The smallest absolute Gasteiger partial charge is 0.277 e. The maximum atomic E-state index is 12.0. The Morgan fingerprint density at radius 3 is 2.60 bits per heavy atom. The van der Waals surface area contributed by atoms with Gasteiger partial charge in [0.2, 0.25) is 11.8 Å². The first-order chi connectivity index (χ1) is 12.2. The largest absolute Gasteiger partial charge is 0.411 e. The summed E-state index contributed by atoms with van der Waals surface area (Å²) in [4.78, 5) is 12.0. The first-order valence-corrected chi connectivity index (χ1v) is 8.50. The van der Waals surface area contributed by atoms with Crippen molar-refractivity contribution in [1.29, 1.82) is 5.26 Å². The second-order valence-corrected chi connectivity index (χ2v) is 6.03. The van der Waals surface area contributed by atoms with Crippen molar-refractivity contribution >= 4 is 23.4 Å². The molecule has 0 aliphatic heterocycles. The van der Waals surface area contributed by atoms with E-state index in [-0.39, 0.29) is 11.7 Å². The van der Waals surface area contributed by atoms with E-state index in [0.29, 0.717) is 23.2 Å². The molecule has 0 bridgehead atoms. The lowest BCUT2D eigenvalue weighted by Gasteiger charge is -2.04. The number of carbonyl (C=O) groups excluding carboxylic acids is 1. The number of carbonyl (C=O) groups is 1. The van der Waals surface area contributed by atoms with Crippen LogP contribution in [-0.2, 0) is 11.2 Å². The second-order valence-electron chi connectivity index (χ2n) is 5.11. The number of aromatic nitrogens is 2. The molecule has 1 N–H and O–H groups in total. The van der Waals surface area contributed by atoms with Crippen LogP contribution >= 0.6 is 11.8 Å². The molecule has 2 aromatic carbocycles. The van der Waals surface area contributed by atoms with E-state index in [0.717, 1.165) is 11.1 Å². The first-order valence-electron chi connectivity index (χ1n) is 7.52. The molecular formula is C18H14N4O2S. The SMILES string of the molecule is N#CCc1ccc(NC(=O)CSc2nnc(-c3ccccc3)o2)cc1. The predicted octanol–water partition coefficient (Wildman–Crippen LogP) is 3.53. The summed E-state index contributed by atoms with van der Waals surface area (Å²) in [6, 6.07) is 18.7. The number of anilines is 1. The maximum absolute atomic E-state index is 12.0. The van der Waals surface area contributed by atoms with Crippen LogP contribution in [0.3, 0.4) is 0 Å². The van der Waals surface area contributed by atoms with Crippen molar-refractivity contribution in [2.24, 2.45) is 0 Å². The summed E-state index contributed by atoms with van der Waals surface area (Å²) < 4.78 is 5.54. The molecule has 3 aromatic rings. The van der Waals surface area contributed by atoms with Gasteiger partial charge in [-0.15, -0.1) is 10.2 Å². The van der Waals surface area contributed by atoms with Crippen LogP contribution in [0.4, 0.5) is 5.69 Å². The van der Waals surface area contributed by atoms with Gasteiger partial charge in [0, 0.05) is 11.3 Å². The highest BCUT2D eigenvalue weighted by Gasteiger charge is 2.11. The van der Waals surface area contributed by atoms with Crippen molar-refractivity contribution in [2.75, 3.05) is 11.1 Å². The fraction of sp³-hybridized carbons (Fsp3) is 0.111. The summed E-state index contributed by atoms with van der Waals surface area (Å²) in [5, 5.41) is 19.7. The highest BCUT2D eigenvalue weighted by Crippen LogP contribution is 2.23. The zero-order valence-corrected chi connectivity index (χ0v) is 14.0. The summed E-state index contributed by atoms with van der Waals surface area (Å²) >= 11 is 1.18. The lowest BCUT2D eigenvalue weighted by Crippen LogP contribution is -2.13. The molecule has 6 nitrogen and oxygen atoms in total. The van der Waals surface area contributed by atoms with Crippen molar-refractivity contribution in [3.05, 3.63) is 60.2 Å². The molecular weight excluding hydrogens is 336 g/mol. The quantitative estimate of drug-likeness (QED) is 0.684. The molecule has 3 rings (SSSR count). The Hall–Kier alpha value is -3.11. The molecule has 0 aliphatic carbocycles. The standard InChI is InChI=1S/C18H14N4O2S/c19-11-10-13-6-8-15(9-7-13)20-16(23)12-25-18-22-21-17(24-18)14-4-2-1-3-5-14/h1-9H,10,12H2,(H,20,23). The number of hydrogen-bond donors (Lipinski definition) is 1. The Morgan fingerprint density at radius 2 is 1.88 bits per heavy atom. The molecule has 0 fully saturated rings. The van der Waals surface area contributed by atoms with Gasteiger partial charge in [0.05, 0.1) is 18.2 Å². The van der Waals surface area contributed by atoms with Gasteiger partial charge in [-0.1, -0.05) is 42.1 Å². The Balaban J connectivity index is 1.52. The molecule has 124 valence electrons. The van der Waals surface area contributed by atoms with Gasteiger partial charge < -0.3 is 9.73 Å². The molecule has 1 heterocycles. The zero-order chi connectivity index (χ0) is 17.5. The number of rotatable bonds is 6. The minimum absolute atomic E-state index is 0.163. The predicted molar refractivity (Wildman–Crippen MR) is 94.8 cm³/mol. The van der Waals surface area contributed by atoms with Gasteiger partial charge in [-0.05, 0) is 29.8 Å². The summed E-state index contributed by atoms with van der Waals surface area (Å²) in [7, 11) is 0. The van der Waals surface area contributed by atoms with Crippen LogP contribution in [0.25, 0.3) is 11.5 Å². The molecule has 0 unspecified atom stereocenters. The second kappa shape index (κ2) is 8.13. The Morgan fingerprint density at radius 1 is 1.12 bits per heavy atom. The number of nitrogens with one attached hydrogen (secondary N) is 1. The monoisotopic (exact) mass is 350 g/mol. The minimum Gasteiger partial charge on any atom is -0.411 e. The summed E-state index contributed by atoms with van der Waals surface area (Å²) in [6.45, 7) is 0. The molecule has 1 amide bonds. The van der Waals surface area contributed by atoms with E-state index >= 15 is 0 Å². The third kappa shape index (κ3) is 4.68. The van der Waals surface area contributed by atoms with E-state index in [1.54, 1.807) is 12.1 Å². The average molecular weight is 350 g/mol. The summed E-state index contributed by atoms with van der Waals surface area (Å²) in [6.07, 6.45) is 0.352. The van der Waals surface area contributed by atoms with Gasteiger partial charge in [-0.3, -0.25) is 4.79 Å². The van der Waals surface area contributed by atoms with Crippen LogP contribution in [0.5, 0.6) is 0 Å². The molecule has 0 saturated carbocycles. The van der Waals surface area contributed by atoms with Crippen molar-refractivity contribution in [1.82, 2.24) is 10.2 Å². The Labute approximate surface area is 148 Å². The number of nitrogens with zero attached hydrogens (tertiary/aromatic N) is 3. The highest BCUT2D eigenvalue weighted by atomic mass is 32.2. The van der Waals surface area contributed by atoms with Gasteiger partial charge >= 0.3 is 0 Å². The normalized spacial score (nSPS) is 10.2. The first kappa shape index (κ1) is 16.7. The molecule has 1 aromatic heterocycles. The zero-order valence-electron chi connectivity index (χ0n) is 13.2. The molecule has 7 heteroatoms. The van der Waals surface area contributed by atoms with Crippen LogP contribution in [0.15, 0.2) is 64.2 Å². The number of hydrogen-bond acceptors (Lipinski definition) is 6. The third-order valence-corrected chi connectivity index (χ3v) is 4.09. The van der Waals surface area contributed by atoms with Crippen LogP contribution in [0.2, 0.25) is 0 Å². The van der Waals surface area contributed by atoms with Crippen molar-refractivity contribution in [3.63, 3.8) is 0 Å². The van der Waals surface area contributed by atoms with E-state index in [1.807, 2.05) is 42.5 Å². The van der Waals surface area contributed by atoms with Gasteiger partial charge in [-0.2, -0.15) is 5.26 Å². The van der Waals surface area contributed by atoms with Crippen molar-refractivity contribution < 1.29 is 9.21 Å². The molecule has 0 saturated heterocycles. The van der Waals surface area contributed by atoms with Crippen LogP contribution in [-0.4, -0.2) is 21.9 Å². The average Bonchev–Trinajstić information content (AvgIpc) is 3.12. The van der Waals surface area contributed by atoms with Crippen molar-refractivity contribution in [2.45, 2.75) is 11.6 Å². The van der Waals surface area contributed by atoms with Gasteiger partial charge in [0.1, 0.15) is 0 Å². The molecule has 0 radical (unpaired) electrons. The van der Waals surface area contributed by atoms with Gasteiger partial charge in [-0.25, -0.2) is 0 Å². The van der Waals surface area contributed by atoms with E-state index in [2.05, 4.69) is 21.6 Å². The molecule has 25 heavy (non-hydrogen) atoms. The van der Waals surface area contributed by atoms with Gasteiger partial charge in [0.25, 0.3) is 5.22 Å². The van der Waals surface area contributed by atoms with Crippen LogP contribution in [0.1, 0.15) is 5.56 Å². The van der Waals surface area contributed by atoms with Gasteiger partial charge in [0.15, 0.2) is 0 Å². The minimum atomic E-state index is -0.169. The molecule has 0 spiro atoms. The topological polar surface area (TPSA) is 91.8 Å². The van der Waals surface area contributed by atoms with E-state index in [1.165, 1.54) is 11.8 Å². The maximum Gasteiger partial charge on any atom is 0.277 e. The van der Waals surface area contributed by atoms with Crippen LogP contribution < -0.4 is 5.32 Å². The van der Waals surface area contributed by atoms with E-state index in [9.17, 15) is 4.79 Å². The van der Waals surface area contributed by atoms with Crippen molar-refractivity contribution in [3.8, 4) is 17.5 Å². The number of amides is 1. The number of benzene rings is 2. The summed E-state index contributed by atoms with van der Waals surface area (Å²) in [5.74, 6) is 0.421. The van der Waals surface area contributed by atoms with E-state index < -0.39 is 0 Å². The third-order valence-electron chi connectivity index (χ3n) is 3.27. The summed E-state index contributed by atoms with van der Waals surface area (Å²) in [5.41, 5.74) is 2.43. The lowest BCUT2D eigenvalue weighted by atomic mass is 10.1. The Kier molecular flexibility index (Phi) is 5.44. The highest BCUT2D eigenvalue weighted by molar-refractivity contribution is 7.99.